The van der Waals surface area contributed by atoms with Gasteiger partial charge in [-0.05, 0) is 117 Å². The molecule has 0 unspecified atom stereocenters. The van der Waals surface area contributed by atoms with Crippen LogP contribution in [-0.2, 0) is 12.8 Å². The molecular formula is C36H58N8O8. The molecule has 0 atom stereocenters. The second-order valence-electron chi connectivity index (χ2n) is 13.2. The number of nitrogens with zero attached hydrogens (tertiary/aromatic N) is 3. The highest BCUT2D eigenvalue weighted by molar-refractivity contribution is 5.75. The van der Waals surface area contributed by atoms with Crippen LogP contribution >= 0.6 is 0 Å². The summed E-state index contributed by atoms with van der Waals surface area (Å²) < 4.78 is 22.1. The first-order chi connectivity index (χ1) is 24.7. The SMILES string of the molecule is CC(C)NCNC(=O)Oc1cc(CCCCc2ccc(OC(=O)NCCN(C)C)c(OC(=O)NCCN(C)C)c2)ccc1OC(=O)NCCN(C)C. The fourth-order valence-electron chi connectivity index (χ4n) is 4.42. The van der Waals surface area contributed by atoms with Crippen molar-refractivity contribution < 1.29 is 38.1 Å². The van der Waals surface area contributed by atoms with E-state index in [1.165, 1.54) is 0 Å². The first-order valence-electron chi connectivity index (χ1n) is 17.5. The van der Waals surface area contributed by atoms with Crippen molar-refractivity contribution in [3.8, 4) is 23.0 Å². The Bertz CT molecular complexity index is 1320. The lowest BCUT2D eigenvalue weighted by atomic mass is 10.0. The molecule has 5 N–H and O–H groups in total. The number of hydrogen-bond donors (Lipinski definition) is 5. The van der Waals surface area contributed by atoms with Crippen LogP contribution in [-0.4, -0.2) is 133 Å². The Balaban J connectivity index is 2.09. The van der Waals surface area contributed by atoms with Crippen molar-refractivity contribution >= 4 is 24.4 Å². The van der Waals surface area contributed by atoms with Crippen LogP contribution in [0.15, 0.2) is 36.4 Å². The van der Waals surface area contributed by atoms with Crippen molar-refractivity contribution in [1.82, 2.24) is 41.3 Å². The number of likely N-dealkylation sites (N-methyl/N-ethyl adjacent to an activating group) is 3. The van der Waals surface area contributed by atoms with Gasteiger partial charge in [-0.3, -0.25) is 5.32 Å². The van der Waals surface area contributed by atoms with Crippen molar-refractivity contribution in [3.63, 3.8) is 0 Å². The number of carbonyl (C=O) groups is 4. The average Bonchev–Trinajstić information content (AvgIpc) is 3.04. The molecule has 2 aromatic carbocycles. The van der Waals surface area contributed by atoms with Gasteiger partial charge in [0.05, 0.1) is 6.67 Å². The third kappa shape index (κ3) is 19.1. The van der Waals surface area contributed by atoms with E-state index in [9.17, 15) is 19.2 Å². The highest BCUT2D eigenvalue weighted by Gasteiger charge is 2.17. The van der Waals surface area contributed by atoms with E-state index in [0.717, 1.165) is 24.0 Å². The summed E-state index contributed by atoms with van der Waals surface area (Å²) in [5.41, 5.74) is 1.77. The van der Waals surface area contributed by atoms with Crippen LogP contribution in [0.5, 0.6) is 23.0 Å². The second kappa shape index (κ2) is 23.8. The zero-order chi connectivity index (χ0) is 38.5. The number of amides is 4. The molecule has 0 aliphatic rings. The summed E-state index contributed by atoms with van der Waals surface area (Å²) in [6.45, 7) is 7.19. The average molecular weight is 731 g/mol. The Morgan fingerprint density at radius 3 is 1.23 bits per heavy atom. The van der Waals surface area contributed by atoms with Gasteiger partial charge in [-0.15, -0.1) is 0 Å². The molecule has 2 rings (SSSR count). The summed E-state index contributed by atoms with van der Waals surface area (Å²) in [5, 5.41) is 13.8. The fraction of sp³-hybridized carbons (Fsp3) is 0.556. The maximum atomic E-state index is 12.5. The Morgan fingerprint density at radius 2 is 0.885 bits per heavy atom. The molecule has 52 heavy (non-hydrogen) atoms. The predicted molar refractivity (Wildman–Crippen MR) is 200 cm³/mol. The summed E-state index contributed by atoms with van der Waals surface area (Å²) >= 11 is 0. The molecule has 16 heteroatoms. The molecule has 16 nitrogen and oxygen atoms in total. The number of nitrogens with one attached hydrogen (secondary N) is 5. The summed E-state index contributed by atoms with van der Waals surface area (Å²) in [4.78, 5) is 55.7. The van der Waals surface area contributed by atoms with Crippen molar-refractivity contribution in [2.24, 2.45) is 0 Å². The van der Waals surface area contributed by atoms with E-state index >= 15 is 0 Å². The second-order valence-corrected chi connectivity index (χ2v) is 13.2. The quantitative estimate of drug-likeness (QED) is 0.0939. The number of carbonyl (C=O) groups excluding carboxylic acids is 4. The molecule has 0 saturated carbocycles. The van der Waals surface area contributed by atoms with E-state index in [1.807, 2.05) is 83.0 Å². The molecular weight excluding hydrogens is 672 g/mol. The molecule has 0 spiro atoms. The van der Waals surface area contributed by atoms with Crippen LogP contribution < -0.4 is 45.5 Å². The van der Waals surface area contributed by atoms with Gasteiger partial charge in [-0.1, -0.05) is 12.1 Å². The van der Waals surface area contributed by atoms with E-state index in [2.05, 4.69) is 26.6 Å². The van der Waals surface area contributed by atoms with Crippen LogP contribution in [0, 0.1) is 0 Å². The normalized spacial score (nSPS) is 11.1. The van der Waals surface area contributed by atoms with Crippen LogP contribution in [0.4, 0.5) is 19.2 Å². The van der Waals surface area contributed by atoms with Gasteiger partial charge in [0.25, 0.3) is 0 Å². The monoisotopic (exact) mass is 730 g/mol. The Kier molecular flexibility index (Phi) is 19.9. The first kappa shape index (κ1) is 43.5. The molecule has 0 aliphatic heterocycles. The highest BCUT2D eigenvalue weighted by atomic mass is 16.6. The van der Waals surface area contributed by atoms with Crippen LogP contribution in [0.1, 0.15) is 37.8 Å². The first-order valence-corrected chi connectivity index (χ1v) is 17.5. The summed E-state index contributed by atoms with van der Waals surface area (Å²) in [7, 11) is 11.4. The van der Waals surface area contributed by atoms with E-state index < -0.39 is 24.4 Å². The van der Waals surface area contributed by atoms with E-state index in [4.69, 9.17) is 18.9 Å². The summed E-state index contributed by atoms with van der Waals surface area (Å²) in [5.74, 6) is 0.492. The molecule has 4 amide bonds. The van der Waals surface area contributed by atoms with E-state index in [-0.39, 0.29) is 35.7 Å². The van der Waals surface area contributed by atoms with Gasteiger partial charge >= 0.3 is 24.4 Å². The van der Waals surface area contributed by atoms with Gasteiger partial charge in [0.1, 0.15) is 0 Å². The predicted octanol–water partition coefficient (Wildman–Crippen LogP) is 3.25. The van der Waals surface area contributed by atoms with E-state index in [0.29, 0.717) is 52.1 Å². The highest BCUT2D eigenvalue weighted by Crippen LogP contribution is 2.31. The van der Waals surface area contributed by atoms with Crippen LogP contribution in [0.25, 0.3) is 0 Å². The van der Waals surface area contributed by atoms with E-state index in [1.54, 1.807) is 24.3 Å². The van der Waals surface area contributed by atoms with Gasteiger partial charge in [-0.2, -0.15) is 0 Å². The lowest BCUT2D eigenvalue weighted by Gasteiger charge is -2.15. The number of ether oxygens (including phenoxy) is 4. The molecule has 0 heterocycles. The Hall–Kier alpha value is -4.64. The Morgan fingerprint density at radius 1 is 0.538 bits per heavy atom. The molecule has 2 aromatic rings. The number of aryl methyl sites for hydroxylation is 2. The zero-order valence-corrected chi connectivity index (χ0v) is 31.9. The van der Waals surface area contributed by atoms with Crippen molar-refractivity contribution in [1.29, 1.82) is 0 Å². The number of rotatable bonds is 21. The topological polar surface area (TPSA) is 175 Å². The minimum atomic E-state index is -0.689. The molecule has 290 valence electrons. The zero-order valence-electron chi connectivity index (χ0n) is 31.9. The summed E-state index contributed by atoms with van der Waals surface area (Å²) in [6, 6.07) is 10.4. The summed E-state index contributed by atoms with van der Waals surface area (Å²) in [6.07, 6.45) is 0.181. The van der Waals surface area contributed by atoms with Crippen molar-refractivity contribution in [2.45, 2.75) is 45.6 Å². The third-order valence-electron chi connectivity index (χ3n) is 7.24. The van der Waals surface area contributed by atoms with Crippen LogP contribution in [0.2, 0.25) is 0 Å². The minimum absolute atomic E-state index is 0.116. The van der Waals surface area contributed by atoms with Gasteiger partial charge in [0.2, 0.25) is 0 Å². The standard InChI is InChI=1S/C36H58N8O8/c1-26(2)40-25-41-36(48)52-32-24-28(14-16-30(32)50-34(46)38-18-21-43(5)6)12-10-9-11-27-13-15-29(49-33(45)37-17-20-42(3)4)31(23-27)51-35(47)39-19-22-44(7)8/h13-16,23-24,26,40H,9-12,17-22,25H2,1-8H3,(H,37,45)(H,38,46)(H,39,47)(H,41,48). The third-order valence-corrected chi connectivity index (χ3v) is 7.24. The largest absolute Gasteiger partial charge is 0.413 e. The number of unbranched alkanes of at least 4 members (excludes halogenated alkanes) is 1. The molecule has 0 fully saturated rings. The maximum absolute atomic E-state index is 12.5. The molecule has 0 bridgehead atoms. The maximum Gasteiger partial charge on any atom is 0.413 e. The van der Waals surface area contributed by atoms with Crippen LogP contribution in [0.3, 0.4) is 0 Å². The van der Waals surface area contributed by atoms with Gasteiger partial charge in [0.15, 0.2) is 23.0 Å². The molecule has 0 aromatic heterocycles. The smallest absolute Gasteiger partial charge is 0.406 e. The molecule has 0 radical (unpaired) electrons. The number of hydrogen-bond acceptors (Lipinski definition) is 12. The molecule has 0 aliphatic carbocycles. The fourth-order valence-corrected chi connectivity index (χ4v) is 4.42. The minimum Gasteiger partial charge on any atom is -0.406 e. The van der Waals surface area contributed by atoms with Gasteiger partial charge in [-0.25, -0.2) is 19.2 Å². The lowest BCUT2D eigenvalue weighted by Crippen LogP contribution is -2.38. The van der Waals surface area contributed by atoms with Crippen molar-refractivity contribution in [3.05, 3.63) is 47.5 Å². The number of benzene rings is 2. The lowest BCUT2D eigenvalue weighted by molar-refractivity contribution is 0.188. The van der Waals surface area contributed by atoms with Crippen molar-refractivity contribution in [2.75, 3.05) is 88.2 Å². The Labute approximate surface area is 307 Å². The van der Waals surface area contributed by atoms with Gasteiger partial charge in [0, 0.05) is 45.3 Å². The van der Waals surface area contributed by atoms with Gasteiger partial charge < -0.3 is 54.9 Å². The molecule has 0 saturated heterocycles.